The summed E-state index contributed by atoms with van der Waals surface area (Å²) in [5, 5.41) is 16.1. The van der Waals surface area contributed by atoms with Crippen molar-refractivity contribution in [2.24, 2.45) is 7.05 Å². The second-order valence-corrected chi connectivity index (χ2v) is 11.3. The lowest BCUT2D eigenvalue weighted by Crippen LogP contribution is -2.44. The van der Waals surface area contributed by atoms with E-state index in [1.54, 1.807) is 41.2 Å². The number of carbonyl (C=O) groups is 2. The summed E-state index contributed by atoms with van der Waals surface area (Å²) >= 11 is 0. The number of amides is 2. The van der Waals surface area contributed by atoms with E-state index in [-0.39, 0.29) is 17.9 Å². The highest BCUT2D eigenvalue weighted by Gasteiger charge is 2.26. The van der Waals surface area contributed by atoms with Crippen molar-refractivity contribution in [2.75, 3.05) is 37.3 Å². The number of hydrogen-bond donors (Lipinski definition) is 2. The molecule has 12 heteroatoms. The molecule has 1 saturated heterocycles. The van der Waals surface area contributed by atoms with Crippen molar-refractivity contribution < 1.29 is 14.4 Å². The zero-order valence-electron chi connectivity index (χ0n) is 24.7. The number of pyridine rings is 1. The molecule has 1 aliphatic carbocycles. The highest BCUT2D eigenvalue weighted by molar-refractivity contribution is 6.03. The van der Waals surface area contributed by atoms with Crippen molar-refractivity contribution in [3.63, 3.8) is 0 Å². The molecule has 2 N–H and O–H groups in total. The summed E-state index contributed by atoms with van der Waals surface area (Å²) in [6.07, 6.45) is 9.70. The third-order valence-corrected chi connectivity index (χ3v) is 7.98. The van der Waals surface area contributed by atoms with E-state index < -0.39 is 0 Å². The van der Waals surface area contributed by atoms with Gasteiger partial charge < -0.3 is 20.4 Å². The summed E-state index contributed by atoms with van der Waals surface area (Å²) in [4.78, 5) is 41.7. The van der Waals surface area contributed by atoms with Gasteiger partial charge in [-0.05, 0) is 76.1 Å². The molecule has 4 aromatic rings. The predicted octanol–water partition coefficient (Wildman–Crippen LogP) is 3.62. The van der Waals surface area contributed by atoms with Gasteiger partial charge in [-0.25, -0.2) is 4.98 Å². The highest BCUT2D eigenvalue weighted by Crippen LogP contribution is 2.26. The van der Waals surface area contributed by atoms with Gasteiger partial charge in [0.15, 0.2) is 17.4 Å². The van der Waals surface area contributed by atoms with E-state index >= 15 is 0 Å². The molecule has 2 fully saturated rings. The number of likely N-dealkylation sites (N-methyl/N-ethyl adjacent to an activating group) is 1. The number of nitrogens with one attached hydrogen (secondary N) is 2. The normalized spacial score (nSPS) is 17.1. The van der Waals surface area contributed by atoms with Crippen molar-refractivity contribution in [3.8, 4) is 5.75 Å². The largest absolute Gasteiger partial charge is 0.363 e. The van der Waals surface area contributed by atoms with Crippen LogP contribution in [-0.2, 0) is 11.8 Å². The number of rotatable bonds is 10. The van der Waals surface area contributed by atoms with E-state index in [0.717, 1.165) is 37.0 Å². The maximum Gasteiger partial charge on any atom is 0.256 e. The maximum atomic E-state index is 12.9. The average Bonchev–Trinajstić information content (AvgIpc) is 3.75. The molecule has 0 unspecified atom stereocenters. The van der Waals surface area contributed by atoms with Crippen LogP contribution in [0.15, 0.2) is 60.8 Å². The van der Waals surface area contributed by atoms with Crippen LogP contribution in [0.5, 0.6) is 5.75 Å². The minimum atomic E-state index is -0.261. The van der Waals surface area contributed by atoms with Gasteiger partial charge in [-0.2, -0.15) is 5.10 Å². The molecule has 1 aromatic carbocycles. The van der Waals surface area contributed by atoms with Crippen LogP contribution in [0.4, 0.5) is 11.6 Å². The van der Waals surface area contributed by atoms with Gasteiger partial charge in [-0.1, -0.05) is 10.9 Å². The zero-order valence-corrected chi connectivity index (χ0v) is 24.7. The van der Waals surface area contributed by atoms with Crippen molar-refractivity contribution in [1.82, 2.24) is 34.5 Å². The SMILES string of the molecule is Cc1cc(NC(=O)c2ccc(On3nc(N[C@@H]4CCCN(C(=O)C=CCN(C)C5CC5)C4)c4cccnc43)cc2)nn1C. The fraction of sp³-hybridized carbons (Fsp3) is 0.387. The van der Waals surface area contributed by atoms with Crippen LogP contribution >= 0.6 is 0 Å². The number of benzene rings is 1. The Bertz CT molecular complexity index is 1620. The summed E-state index contributed by atoms with van der Waals surface area (Å²) in [6, 6.07) is 13.1. The number of aryl methyl sites for hydroxylation is 2. The summed E-state index contributed by atoms with van der Waals surface area (Å²) in [6.45, 7) is 4.06. The molecule has 2 amide bonds. The van der Waals surface area contributed by atoms with Crippen LogP contribution in [0.25, 0.3) is 11.0 Å². The number of carbonyl (C=O) groups excluding carboxylic acids is 2. The lowest BCUT2D eigenvalue weighted by Gasteiger charge is -2.32. The lowest BCUT2D eigenvalue weighted by atomic mass is 10.1. The molecule has 2 aliphatic rings. The third kappa shape index (κ3) is 6.69. The topological polar surface area (TPSA) is 122 Å². The molecule has 0 spiro atoms. The zero-order chi connectivity index (χ0) is 29.9. The van der Waals surface area contributed by atoms with Crippen molar-refractivity contribution in [2.45, 2.75) is 44.7 Å². The van der Waals surface area contributed by atoms with E-state index in [1.807, 2.05) is 43.1 Å². The Labute approximate surface area is 250 Å². The molecule has 4 heterocycles. The number of aromatic nitrogens is 5. The fourth-order valence-corrected chi connectivity index (χ4v) is 5.25. The van der Waals surface area contributed by atoms with Crippen LogP contribution in [0, 0.1) is 6.92 Å². The summed E-state index contributed by atoms with van der Waals surface area (Å²) in [5.41, 5.74) is 1.98. The van der Waals surface area contributed by atoms with Crippen molar-refractivity contribution in [1.29, 1.82) is 0 Å². The number of nitrogens with zero attached hydrogens (tertiary/aromatic N) is 7. The molecule has 1 aliphatic heterocycles. The quantitative estimate of drug-likeness (QED) is 0.272. The standard InChI is InChI=1S/C31H37N9O3/c1-21-19-27(35-38(21)3)34-31(42)22-10-14-25(15-11-22)43-40-30-26(8-4-16-32-30)29(36-40)33-23-7-5-18-39(20-23)28(41)9-6-17-37(2)24-12-13-24/h4,6,8-11,14-16,19,23-24H,5,7,12-13,17-18,20H2,1-3H3,(H,33,36)(H,34,35,42)/t23-/m1/s1. The van der Waals surface area contributed by atoms with Crippen LogP contribution in [0.2, 0.25) is 0 Å². The van der Waals surface area contributed by atoms with Crippen molar-refractivity contribution >= 4 is 34.5 Å². The molecule has 3 aromatic heterocycles. The van der Waals surface area contributed by atoms with Crippen LogP contribution in [-0.4, -0.2) is 85.1 Å². The second kappa shape index (κ2) is 12.3. The Morgan fingerprint density at radius 3 is 2.70 bits per heavy atom. The molecular weight excluding hydrogens is 546 g/mol. The minimum absolute atomic E-state index is 0.0448. The monoisotopic (exact) mass is 583 g/mol. The molecule has 0 radical (unpaired) electrons. The number of piperidine rings is 1. The second-order valence-electron chi connectivity index (χ2n) is 11.3. The van der Waals surface area contributed by atoms with Gasteiger partial charge in [0, 0.05) is 68.4 Å². The number of likely N-dealkylation sites (tertiary alicyclic amines) is 1. The van der Waals surface area contributed by atoms with Gasteiger partial charge in [0.25, 0.3) is 5.91 Å². The van der Waals surface area contributed by atoms with E-state index in [9.17, 15) is 9.59 Å². The van der Waals surface area contributed by atoms with Gasteiger partial charge in [-0.3, -0.25) is 19.2 Å². The first kappa shape index (κ1) is 28.4. The molecule has 1 atom stereocenters. The molecular formula is C31H37N9O3. The lowest BCUT2D eigenvalue weighted by molar-refractivity contribution is -0.127. The molecule has 12 nitrogen and oxygen atoms in total. The van der Waals surface area contributed by atoms with E-state index in [0.29, 0.717) is 41.2 Å². The predicted molar refractivity (Wildman–Crippen MR) is 164 cm³/mol. The number of fused-ring (bicyclic) bond motifs is 1. The van der Waals surface area contributed by atoms with E-state index in [2.05, 4.69) is 37.8 Å². The Balaban J connectivity index is 1.10. The summed E-state index contributed by atoms with van der Waals surface area (Å²) in [5.74, 6) is 1.43. The molecule has 224 valence electrons. The molecule has 0 bridgehead atoms. The van der Waals surface area contributed by atoms with Crippen molar-refractivity contribution in [3.05, 3.63) is 72.1 Å². The third-order valence-electron chi connectivity index (χ3n) is 7.98. The van der Waals surface area contributed by atoms with Gasteiger partial charge in [0.1, 0.15) is 0 Å². The Morgan fingerprint density at radius 2 is 1.95 bits per heavy atom. The smallest absolute Gasteiger partial charge is 0.256 e. The Morgan fingerprint density at radius 1 is 1.14 bits per heavy atom. The maximum absolute atomic E-state index is 12.9. The first-order valence-electron chi connectivity index (χ1n) is 14.7. The van der Waals surface area contributed by atoms with E-state index in [4.69, 9.17) is 4.84 Å². The molecule has 1 saturated carbocycles. The molecule has 6 rings (SSSR count). The Kier molecular flexibility index (Phi) is 8.10. The Hall–Kier alpha value is -4.71. The highest BCUT2D eigenvalue weighted by atomic mass is 16.7. The first-order valence-corrected chi connectivity index (χ1v) is 14.7. The molecule has 43 heavy (non-hydrogen) atoms. The number of hydrogen-bond acceptors (Lipinski definition) is 8. The first-order chi connectivity index (χ1) is 20.8. The average molecular weight is 584 g/mol. The van der Waals surface area contributed by atoms with E-state index in [1.165, 1.54) is 17.7 Å². The minimum Gasteiger partial charge on any atom is -0.363 e. The van der Waals surface area contributed by atoms with Gasteiger partial charge in [0.05, 0.1) is 5.39 Å². The fourth-order valence-electron chi connectivity index (χ4n) is 5.25. The van der Waals surface area contributed by atoms with Crippen LogP contribution < -0.4 is 15.5 Å². The summed E-state index contributed by atoms with van der Waals surface area (Å²) < 4.78 is 1.70. The number of anilines is 2. The van der Waals surface area contributed by atoms with Crippen LogP contribution in [0.3, 0.4) is 0 Å². The van der Waals surface area contributed by atoms with Crippen LogP contribution in [0.1, 0.15) is 41.7 Å². The summed E-state index contributed by atoms with van der Waals surface area (Å²) in [7, 11) is 3.93. The van der Waals surface area contributed by atoms with Gasteiger partial charge in [0.2, 0.25) is 11.6 Å². The van der Waals surface area contributed by atoms with Gasteiger partial charge in [-0.15, -0.1) is 5.10 Å². The van der Waals surface area contributed by atoms with Gasteiger partial charge >= 0.3 is 0 Å².